The molecule has 0 unspecified atom stereocenters. The molecule has 182 valence electrons. The highest BCUT2D eigenvalue weighted by molar-refractivity contribution is 5.90. The summed E-state index contributed by atoms with van der Waals surface area (Å²) in [7, 11) is 1.59. The van der Waals surface area contributed by atoms with Gasteiger partial charge in [0.25, 0.3) is 5.56 Å². The summed E-state index contributed by atoms with van der Waals surface area (Å²) < 4.78 is 4.38. The van der Waals surface area contributed by atoms with Gasteiger partial charge in [0.2, 0.25) is 0 Å². The van der Waals surface area contributed by atoms with Gasteiger partial charge in [0, 0.05) is 50.4 Å². The zero-order chi connectivity index (χ0) is 25.4. The molecule has 1 aromatic carbocycles. The first-order valence-electron chi connectivity index (χ1n) is 12.0. The fourth-order valence-corrected chi connectivity index (χ4v) is 5.20. The lowest BCUT2D eigenvalue weighted by Gasteiger charge is -2.24. The van der Waals surface area contributed by atoms with Crippen LogP contribution in [0.2, 0.25) is 0 Å². The number of benzene rings is 1. The number of aromatic nitrogens is 4. The van der Waals surface area contributed by atoms with E-state index in [1.54, 1.807) is 13.2 Å². The lowest BCUT2D eigenvalue weighted by molar-refractivity contribution is 0.651. The average Bonchev–Trinajstić information content (AvgIpc) is 3.02. The van der Waals surface area contributed by atoms with Crippen LogP contribution >= 0.6 is 0 Å². The monoisotopic (exact) mass is 482 g/mol. The van der Waals surface area contributed by atoms with Crippen LogP contribution in [-0.4, -0.2) is 44.9 Å². The highest BCUT2D eigenvalue weighted by Crippen LogP contribution is 2.31. The summed E-state index contributed by atoms with van der Waals surface area (Å²) in [5.41, 5.74) is 0.652. The number of nitrogens with one attached hydrogen (secondary N) is 1. The Morgan fingerprint density at radius 3 is 2.61 bits per heavy atom. The van der Waals surface area contributed by atoms with Crippen LogP contribution in [-0.2, 0) is 20.1 Å². The molecule has 1 N–H and O–H groups in total. The molecule has 0 radical (unpaired) electrons. The van der Waals surface area contributed by atoms with Crippen LogP contribution in [0.4, 0.5) is 5.82 Å². The number of fused-ring (bicyclic) bond motifs is 2. The van der Waals surface area contributed by atoms with Crippen LogP contribution in [0, 0.1) is 22.7 Å². The van der Waals surface area contributed by atoms with E-state index in [1.807, 2.05) is 35.8 Å². The lowest BCUT2D eigenvalue weighted by atomic mass is 10.0. The maximum Gasteiger partial charge on any atom is 0.331 e. The number of hydrogen-bond acceptors (Lipinski definition) is 7. The van der Waals surface area contributed by atoms with E-state index in [0.717, 1.165) is 41.4 Å². The smallest absolute Gasteiger partial charge is 0.331 e. The first-order valence-corrected chi connectivity index (χ1v) is 12.0. The number of aryl methyl sites for hydroxylation is 2. The van der Waals surface area contributed by atoms with Crippen molar-refractivity contribution in [2.45, 2.75) is 26.4 Å². The summed E-state index contributed by atoms with van der Waals surface area (Å²) >= 11 is 0. The molecule has 1 saturated heterocycles. The molecular weight excluding hydrogens is 456 g/mol. The Morgan fingerprint density at radius 1 is 1.06 bits per heavy atom. The molecule has 3 aromatic heterocycles. The molecule has 10 heteroatoms. The molecule has 0 atom stereocenters. The summed E-state index contributed by atoms with van der Waals surface area (Å²) in [5.74, 6) is 0.674. The van der Waals surface area contributed by atoms with Crippen LogP contribution in [0.15, 0.2) is 40.1 Å². The van der Waals surface area contributed by atoms with Crippen molar-refractivity contribution in [2.24, 2.45) is 7.05 Å². The Kier molecular flexibility index (Phi) is 6.05. The van der Waals surface area contributed by atoms with Crippen molar-refractivity contribution >= 4 is 27.6 Å². The first kappa shape index (κ1) is 23.3. The van der Waals surface area contributed by atoms with Gasteiger partial charge in [0.15, 0.2) is 0 Å². The minimum atomic E-state index is -0.543. The van der Waals surface area contributed by atoms with Crippen LogP contribution in [0.25, 0.3) is 21.8 Å². The van der Waals surface area contributed by atoms with E-state index in [-0.39, 0.29) is 12.2 Å². The van der Waals surface area contributed by atoms with Crippen molar-refractivity contribution in [1.82, 2.24) is 24.0 Å². The van der Waals surface area contributed by atoms with Crippen LogP contribution in [0.3, 0.4) is 0 Å². The SMILES string of the molecule is CCn1c(N2CCCNCC2)c(C#N)c2c1c(=O)n(Cc1c(C#N)ncc3ccccc13)c(=O)n2C. The van der Waals surface area contributed by atoms with Crippen molar-refractivity contribution in [3.63, 3.8) is 0 Å². The second-order valence-corrected chi connectivity index (χ2v) is 8.86. The molecule has 4 aromatic rings. The molecule has 0 saturated carbocycles. The summed E-state index contributed by atoms with van der Waals surface area (Å²) in [6, 6.07) is 11.8. The highest BCUT2D eigenvalue weighted by Gasteiger charge is 2.28. The predicted octanol–water partition coefficient (Wildman–Crippen LogP) is 1.66. The fraction of sp³-hybridized carbons (Fsp3) is 0.346. The van der Waals surface area contributed by atoms with Gasteiger partial charge in [-0.2, -0.15) is 10.5 Å². The minimum absolute atomic E-state index is 0.0988. The quantitative estimate of drug-likeness (QED) is 0.469. The molecule has 0 bridgehead atoms. The Bertz CT molecular complexity index is 1690. The van der Waals surface area contributed by atoms with Gasteiger partial charge in [-0.05, 0) is 25.3 Å². The van der Waals surface area contributed by atoms with E-state index in [9.17, 15) is 20.1 Å². The topological polar surface area (TPSA) is 125 Å². The Labute approximate surface area is 207 Å². The summed E-state index contributed by atoms with van der Waals surface area (Å²) in [6.45, 7) is 5.38. The van der Waals surface area contributed by atoms with E-state index in [4.69, 9.17) is 0 Å². The maximum atomic E-state index is 13.9. The molecule has 0 aliphatic carbocycles. The highest BCUT2D eigenvalue weighted by atomic mass is 16.2. The van der Waals surface area contributed by atoms with Crippen LogP contribution in [0.5, 0.6) is 0 Å². The maximum absolute atomic E-state index is 13.9. The number of hydrogen-bond donors (Lipinski definition) is 1. The summed E-state index contributed by atoms with van der Waals surface area (Å²) in [5, 5.41) is 24.8. The fourth-order valence-electron chi connectivity index (χ4n) is 5.20. The lowest BCUT2D eigenvalue weighted by Crippen LogP contribution is -2.40. The Morgan fingerprint density at radius 2 is 1.86 bits per heavy atom. The summed E-state index contributed by atoms with van der Waals surface area (Å²) in [4.78, 5) is 33.8. The number of anilines is 1. The molecule has 1 aliphatic rings. The van der Waals surface area contributed by atoms with Gasteiger partial charge in [-0.1, -0.05) is 24.3 Å². The minimum Gasteiger partial charge on any atom is -0.356 e. The van der Waals surface area contributed by atoms with E-state index in [1.165, 1.54) is 4.57 Å². The molecule has 1 aliphatic heterocycles. The van der Waals surface area contributed by atoms with Crippen LogP contribution in [0.1, 0.15) is 30.2 Å². The zero-order valence-corrected chi connectivity index (χ0v) is 20.3. The van der Waals surface area contributed by atoms with Gasteiger partial charge in [0.1, 0.15) is 34.7 Å². The number of nitriles is 2. The number of pyridine rings is 1. The van der Waals surface area contributed by atoms with E-state index in [0.29, 0.717) is 41.1 Å². The molecule has 5 rings (SSSR count). The Balaban J connectivity index is 1.80. The Hall–Kier alpha value is -4.41. The molecule has 36 heavy (non-hydrogen) atoms. The number of rotatable bonds is 4. The standard InChI is InChI=1S/C26H26N8O2/c1-3-33-23-22(19(13-27)24(33)32-11-6-9-29-10-12-32)31(2)26(36)34(25(23)35)16-20-18-8-5-4-7-17(18)15-30-21(20)14-28/h4-5,7-8,15,29H,3,6,9-12,16H2,1-2H3. The third-order valence-corrected chi connectivity index (χ3v) is 6.91. The van der Waals surface area contributed by atoms with Crippen molar-refractivity contribution < 1.29 is 0 Å². The second-order valence-electron chi connectivity index (χ2n) is 8.86. The molecule has 0 spiro atoms. The van der Waals surface area contributed by atoms with Crippen molar-refractivity contribution in [3.8, 4) is 12.1 Å². The third-order valence-electron chi connectivity index (χ3n) is 6.91. The van der Waals surface area contributed by atoms with Crippen LogP contribution < -0.4 is 21.5 Å². The van der Waals surface area contributed by atoms with Crippen molar-refractivity contribution in [3.05, 3.63) is 68.1 Å². The van der Waals surface area contributed by atoms with Gasteiger partial charge in [-0.3, -0.25) is 13.9 Å². The molecule has 4 heterocycles. The normalized spacial score (nSPS) is 14.1. The second kappa shape index (κ2) is 9.33. The molecule has 10 nitrogen and oxygen atoms in total. The van der Waals surface area contributed by atoms with Crippen molar-refractivity contribution in [2.75, 3.05) is 31.1 Å². The number of nitrogens with zero attached hydrogens (tertiary/aromatic N) is 7. The molecule has 1 fully saturated rings. The van der Waals surface area contributed by atoms with E-state index in [2.05, 4.69) is 27.3 Å². The predicted molar refractivity (Wildman–Crippen MR) is 137 cm³/mol. The largest absolute Gasteiger partial charge is 0.356 e. The van der Waals surface area contributed by atoms with Gasteiger partial charge in [-0.15, -0.1) is 0 Å². The average molecular weight is 483 g/mol. The van der Waals surface area contributed by atoms with Gasteiger partial charge < -0.3 is 14.8 Å². The third kappa shape index (κ3) is 3.55. The van der Waals surface area contributed by atoms with E-state index < -0.39 is 11.2 Å². The van der Waals surface area contributed by atoms with Gasteiger partial charge >= 0.3 is 5.69 Å². The summed E-state index contributed by atoms with van der Waals surface area (Å²) in [6.07, 6.45) is 2.52. The van der Waals surface area contributed by atoms with Gasteiger partial charge in [-0.25, -0.2) is 9.78 Å². The van der Waals surface area contributed by atoms with E-state index >= 15 is 0 Å². The van der Waals surface area contributed by atoms with Crippen molar-refractivity contribution in [1.29, 1.82) is 10.5 Å². The molecule has 0 amide bonds. The molecular formula is C26H26N8O2. The van der Waals surface area contributed by atoms with Gasteiger partial charge in [0.05, 0.1) is 12.1 Å². The first-order chi connectivity index (χ1) is 17.5. The zero-order valence-electron chi connectivity index (χ0n) is 20.3.